The number of rotatable bonds is 6. The molecule has 0 aliphatic carbocycles. The minimum atomic E-state index is -0.196. The molecular formula is C24H29ClN4O3. The molecule has 1 fully saturated rings. The van der Waals surface area contributed by atoms with Crippen molar-refractivity contribution in [3.8, 4) is 0 Å². The van der Waals surface area contributed by atoms with Crippen molar-refractivity contribution >= 4 is 28.5 Å². The highest BCUT2D eigenvalue weighted by Crippen LogP contribution is 2.35. The van der Waals surface area contributed by atoms with Crippen LogP contribution in [-0.4, -0.2) is 40.4 Å². The van der Waals surface area contributed by atoms with Gasteiger partial charge < -0.3 is 15.0 Å². The molecule has 170 valence electrons. The molecule has 1 aliphatic rings. The van der Waals surface area contributed by atoms with Crippen LogP contribution in [0, 0.1) is 13.8 Å². The lowest BCUT2D eigenvalue weighted by Crippen LogP contribution is -2.44. The van der Waals surface area contributed by atoms with Gasteiger partial charge in [-0.05, 0) is 56.4 Å². The normalized spacial score (nSPS) is 15.8. The molecule has 7 nitrogen and oxygen atoms in total. The predicted octanol–water partition coefficient (Wildman–Crippen LogP) is 3.33. The molecule has 0 spiro atoms. The number of pyridine rings is 1. The molecule has 4 rings (SSSR count). The van der Waals surface area contributed by atoms with Crippen LogP contribution in [0.25, 0.3) is 11.0 Å². The number of halogens is 1. The fourth-order valence-electron chi connectivity index (χ4n) is 4.80. The van der Waals surface area contributed by atoms with E-state index in [4.69, 9.17) is 16.3 Å². The third kappa shape index (κ3) is 4.32. The molecule has 2 N–H and O–H groups in total. The molecule has 3 heterocycles. The number of aromatic nitrogens is 3. The van der Waals surface area contributed by atoms with Gasteiger partial charge >= 0.3 is 0 Å². The second-order valence-electron chi connectivity index (χ2n) is 8.67. The zero-order valence-corrected chi connectivity index (χ0v) is 19.5. The molecule has 1 aliphatic heterocycles. The molecule has 3 aromatic rings. The summed E-state index contributed by atoms with van der Waals surface area (Å²) in [4.78, 5) is 28.3. The Labute approximate surface area is 192 Å². The van der Waals surface area contributed by atoms with Gasteiger partial charge in [0.25, 0.3) is 5.56 Å². The van der Waals surface area contributed by atoms with Crippen molar-refractivity contribution in [1.29, 1.82) is 0 Å². The number of carbonyl (C=O) groups excluding carboxylic acids is 1. The van der Waals surface area contributed by atoms with Crippen LogP contribution in [0.2, 0.25) is 5.02 Å². The number of amides is 1. The molecule has 2 aromatic heterocycles. The van der Waals surface area contributed by atoms with Gasteiger partial charge in [-0.1, -0.05) is 23.7 Å². The van der Waals surface area contributed by atoms with Crippen LogP contribution in [0.5, 0.6) is 0 Å². The van der Waals surface area contributed by atoms with E-state index in [1.807, 2.05) is 39.1 Å². The molecule has 0 atom stereocenters. The Bertz CT molecular complexity index is 1210. The van der Waals surface area contributed by atoms with Crippen LogP contribution in [-0.2, 0) is 28.4 Å². The summed E-state index contributed by atoms with van der Waals surface area (Å²) in [5.74, 6) is -0.0697. The van der Waals surface area contributed by atoms with Gasteiger partial charge in [-0.3, -0.25) is 14.3 Å². The fraction of sp³-hybridized carbons (Fsp3) is 0.458. The maximum atomic E-state index is 12.8. The monoisotopic (exact) mass is 456 g/mol. The molecular weight excluding hydrogens is 428 g/mol. The predicted molar refractivity (Wildman–Crippen MR) is 125 cm³/mol. The van der Waals surface area contributed by atoms with Crippen LogP contribution < -0.4 is 10.9 Å². The first kappa shape index (κ1) is 22.6. The first-order valence-electron chi connectivity index (χ1n) is 11.0. The van der Waals surface area contributed by atoms with Gasteiger partial charge in [0.2, 0.25) is 5.91 Å². The third-order valence-corrected chi connectivity index (χ3v) is 6.90. The van der Waals surface area contributed by atoms with E-state index in [9.17, 15) is 9.59 Å². The largest absolute Gasteiger partial charge is 0.381 e. The number of nitrogens with one attached hydrogen (secondary N) is 2. The summed E-state index contributed by atoms with van der Waals surface area (Å²) in [5.41, 5.74) is 3.87. The van der Waals surface area contributed by atoms with Crippen LogP contribution in [0.3, 0.4) is 0 Å². The number of aromatic amines is 1. The number of ether oxygens (including phenoxy) is 1. The molecule has 1 amide bonds. The zero-order chi connectivity index (χ0) is 22.9. The van der Waals surface area contributed by atoms with E-state index >= 15 is 0 Å². The highest BCUT2D eigenvalue weighted by Gasteiger charge is 2.35. The van der Waals surface area contributed by atoms with E-state index in [2.05, 4.69) is 21.5 Å². The number of H-pyrrole nitrogens is 1. The maximum Gasteiger partial charge on any atom is 0.253 e. The Balaban J connectivity index is 1.47. The van der Waals surface area contributed by atoms with Crippen LogP contribution in [0.4, 0.5) is 0 Å². The lowest BCUT2D eigenvalue weighted by Gasteiger charge is -2.38. The topological polar surface area (TPSA) is 89.0 Å². The molecule has 0 radical (unpaired) electrons. The Morgan fingerprint density at radius 1 is 1.31 bits per heavy atom. The smallest absolute Gasteiger partial charge is 0.253 e. The summed E-state index contributed by atoms with van der Waals surface area (Å²) >= 11 is 6.23. The summed E-state index contributed by atoms with van der Waals surface area (Å²) < 4.78 is 7.25. The Hall–Kier alpha value is -2.64. The van der Waals surface area contributed by atoms with Crippen molar-refractivity contribution in [1.82, 2.24) is 20.1 Å². The van der Waals surface area contributed by atoms with Crippen molar-refractivity contribution in [2.45, 2.75) is 44.9 Å². The van der Waals surface area contributed by atoms with E-state index in [1.54, 1.807) is 4.68 Å². The highest BCUT2D eigenvalue weighted by atomic mass is 35.5. The molecule has 0 unspecified atom stereocenters. The lowest BCUT2D eigenvalue weighted by atomic mass is 9.74. The van der Waals surface area contributed by atoms with Gasteiger partial charge in [0.1, 0.15) is 5.65 Å². The van der Waals surface area contributed by atoms with E-state index in [-0.39, 0.29) is 23.3 Å². The van der Waals surface area contributed by atoms with E-state index in [1.165, 1.54) is 0 Å². The molecule has 0 bridgehead atoms. The van der Waals surface area contributed by atoms with Gasteiger partial charge in [-0.15, -0.1) is 0 Å². The van der Waals surface area contributed by atoms with E-state index in [0.29, 0.717) is 42.4 Å². The summed E-state index contributed by atoms with van der Waals surface area (Å²) in [6.07, 6.45) is 2.27. The number of fused-ring (bicyclic) bond motifs is 1. The molecule has 8 heteroatoms. The minimum Gasteiger partial charge on any atom is -0.381 e. The summed E-state index contributed by atoms with van der Waals surface area (Å²) in [6.45, 7) is 5.68. The van der Waals surface area contributed by atoms with Gasteiger partial charge in [0, 0.05) is 54.6 Å². The number of nitrogens with zero attached hydrogens (tertiary/aromatic N) is 2. The Morgan fingerprint density at radius 3 is 2.78 bits per heavy atom. The molecule has 32 heavy (non-hydrogen) atoms. The minimum absolute atomic E-state index is 0.0697. The molecule has 1 saturated heterocycles. The van der Waals surface area contributed by atoms with Crippen molar-refractivity contribution in [3.05, 3.63) is 62.0 Å². The summed E-state index contributed by atoms with van der Waals surface area (Å²) in [5, 5.41) is 9.15. The van der Waals surface area contributed by atoms with Crippen LogP contribution in [0.15, 0.2) is 29.1 Å². The number of carbonyl (C=O) groups is 1. The number of hydrogen-bond donors (Lipinski definition) is 2. The van der Waals surface area contributed by atoms with Crippen molar-refractivity contribution in [2.24, 2.45) is 7.05 Å². The first-order chi connectivity index (χ1) is 15.3. The summed E-state index contributed by atoms with van der Waals surface area (Å²) in [7, 11) is 1.81. The maximum absolute atomic E-state index is 12.8. The standard InChI is InChI=1S/C24H29ClN4O3/c1-15-19(23(31)27-22-21(15)16(2)28-29(22)3)7-8-20(30)26-14-24(9-11-32-12-10-24)17-5-4-6-18(25)13-17/h4-6,13H,7-12,14H2,1-3H3,(H,26,30)(H,27,31). The molecule has 1 aromatic carbocycles. The second-order valence-corrected chi connectivity index (χ2v) is 9.11. The average Bonchev–Trinajstić information content (AvgIpc) is 3.06. The third-order valence-electron chi connectivity index (χ3n) is 6.67. The van der Waals surface area contributed by atoms with Crippen LogP contribution >= 0.6 is 11.6 Å². The van der Waals surface area contributed by atoms with Gasteiger partial charge in [-0.25, -0.2) is 0 Å². The average molecular weight is 457 g/mol. The molecule has 0 saturated carbocycles. The van der Waals surface area contributed by atoms with Crippen LogP contribution in [0.1, 0.15) is 41.6 Å². The van der Waals surface area contributed by atoms with Gasteiger partial charge in [0.05, 0.1) is 5.69 Å². The van der Waals surface area contributed by atoms with Crippen molar-refractivity contribution < 1.29 is 9.53 Å². The number of aryl methyl sites for hydroxylation is 3. The van der Waals surface area contributed by atoms with E-state index < -0.39 is 0 Å². The Morgan fingerprint density at radius 2 is 2.06 bits per heavy atom. The van der Waals surface area contributed by atoms with E-state index in [0.717, 1.165) is 35.0 Å². The zero-order valence-electron chi connectivity index (χ0n) is 18.8. The highest BCUT2D eigenvalue weighted by molar-refractivity contribution is 6.30. The Kier molecular flexibility index (Phi) is 6.40. The fourth-order valence-corrected chi connectivity index (χ4v) is 4.99. The lowest BCUT2D eigenvalue weighted by molar-refractivity contribution is -0.121. The van der Waals surface area contributed by atoms with Gasteiger partial charge in [-0.2, -0.15) is 5.10 Å². The second kappa shape index (κ2) is 9.08. The first-order valence-corrected chi connectivity index (χ1v) is 11.3. The SMILES string of the molecule is Cc1nn(C)c2[nH]c(=O)c(CCC(=O)NCC3(c4cccc(Cl)c4)CCOCC3)c(C)c12. The van der Waals surface area contributed by atoms with Gasteiger partial charge in [0.15, 0.2) is 0 Å². The van der Waals surface area contributed by atoms with Crippen molar-refractivity contribution in [2.75, 3.05) is 19.8 Å². The summed E-state index contributed by atoms with van der Waals surface area (Å²) in [6, 6.07) is 7.85. The number of hydrogen-bond acceptors (Lipinski definition) is 4. The quantitative estimate of drug-likeness (QED) is 0.595. The number of benzene rings is 1. The van der Waals surface area contributed by atoms with Crippen molar-refractivity contribution in [3.63, 3.8) is 0 Å².